The highest BCUT2D eigenvalue weighted by molar-refractivity contribution is 5.96. The number of hydrogen-bond donors (Lipinski definition) is 0. The molecule has 1 aliphatic heterocycles. The maximum atomic E-state index is 14.4. The Hall–Kier alpha value is -2.69. The van der Waals surface area contributed by atoms with Gasteiger partial charge in [0.05, 0.1) is 16.7 Å². The smallest absolute Gasteiger partial charge is 0.227 e. The molecule has 1 unspecified atom stereocenters. The summed E-state index contributed by atoms with van der Waals surface area (Å²) in [6, 6.07) is 14.8. The minimum absolute atomic E-state index is 0.0267. The number of nitrogens with zero attached hydrogens (tertiary/aromatic N) is 3. The SMILES string of the molecule is CCCCCCCCCCCCCCCCn1c(C2CC(=O)N(c3ccccc3F)C2)nc2ccccc21. The molecule has 1 aliphatic rings. The predicted molar refractivity (Wildman–Crippen MR) is 156 cm³/mol. The molecule has 3 aromatic rings. The van der Waals surface area contributed by atoms with Crippen molar-refractivity contribution in [2.24, 2.45) is 0 Å². The summed E-state index contributed by atoms with van der Waals surface area (Å²) in [5, 5.41) is 0. The number of carbonyl (C=O) groups is 1. The summed E-state index contributed by atoms with van der Waals surface area (Å²) in [7, 11) is 0. The molecule has 2 heterocycles. The first-order valence-electron chi connectivity index (χ1n) is 15.2. The first-order chi connectivity index (χ1) is 18.7. The third-order valence-electron chi connectivity index (χ3n) is 8.05. The van der Waals surface area contributed by atoms with Gasteiger partial charge in [0.25, 0.3) is 0 Å². The van der Waals surface area contributed by atoms with E-state index in [2.05, 4.69) is 23.6 Å². The summed E-state index contributed by atoms with van der Waals surface area (Å²) >= 11 is 0. The molecule has 1 fully saturated rings. The zero-order valence-corrected chi connectivity index (χ0v) is 23.3. The van der Waals surface area contributed by atoms with Crippen molar-refractivity contribution in [3.63, 3.8) is 0 Å². The van der Waals surface area contributed by atoms with Crippen molar-refractivity contribution in [2.75, 3.05) is 11.4 Å². The third-order valence-corrected chi connectivity index (χ3v) is 8.05. The summed E-state index contributed by atoms with van der Waals surface area (Å²) in [4.78, 5) is 19.4. The van der Waals surface area contributed by atoms with Crippen molar-refractivity contribution in [3.8, 4) is 0 Å². The van der Waals surface area contributed by atoms with E-state index in [1.807, 2.05) is 12.1 Å². The fraction of sp³-hybridized carbons (Fsp3) is 0.576. The lowest BCUT2D eigenvalue weighted by atomic mass is 10.0. The van der Waals surface area contributed by atoms with Crippen LogP contribution in [0.3, 0.4) is 0 Å². The van der Waals surface area contributed by atoms with Crippen LogP contribution in [-0.4, -0.2) is 22.0 Å². The van der Waals surface area contributed by atoms with E-state index >= 15 is 0 Å². The van der Waals surface area contributed by atoms with Gasteiger partial charge in [-0.25, -0.2) is 9.37 Å². The second kappa shape index (κ2) is 15.0. The lowest BCUT2D eigenvalue weighted by Crippen LogP contribution is -2.25. The van der Waals surface area contributed by atoms with Crippen LogP contribution in [0.25, 0.3) is 11.0 Å². The Labute approximate surface area is 228 Å². The van der Waals surface area contributed by atoms with Gasteiger partial charge in [-0.05, 0) is 30.7 Å². The van der Waals surface area contributed by atoms with Crippen molar-refractivity contribution >= 4 is 22.6 Å². The van der Waals surface area contributed by atoms with Crippen LogP contribution >= 0.6 is 0 Å². The molecule has 0 spiro atoms. The lowest BCUT2D eigenvalue weighted by Gasteiger charge is -2.18. The summed E-state index contributed by atoms with van der Waals surface area (Å²) in [6.07, 6.45) is 19.2. The van der Waals surface area contributed by atoms with Gasteiger partial charge in [0, 0.05) is 25.4 Å². The van der Waals surface area contributed by atoms with Gasteiger partial charge in [-0.2, -0.15) is 0 Å². The van der Waals surface area contributed by atoms with Gasteiger partial charge < -0.3 is 9.47 Å². The first kappa shape index (κ1) is 28.3. The molecule has 0 N–H and O–H groups in total. The fourth-order valence-corrected chi connectivity index (χ4v) is 5.89. The predicted octanol–water partition coefficient (Wildman–Crippen LogP) is 9.18. The largest absolute Gasteiger partial charge is 0.328 e. The Morgan fingerprint density at radius 2 is 1.37 bits per heavy atom. The number of halogens is 1. The van der Waals surface area contributed by atoms with Gasteiger partial charge in [-0.1, -0.05) is 115 Å². The third kappa shape index (κ3) is 7.68. The number of carbonyl (C=O) groups excluding carboxylic acids is 1. The molecular formula is C33H46FN3O. The molecule has 0 aliphatic carbocycles. The number of para-hydroxylation sites is 3. The zero-order chi connectivity index (χ0) is 26.6. The fourth-order valence-electron chi connectivity index (χ4n) is 5.89. The molecular weight excluding hydrogens is 473 g/mol. The number of aryl methyl sites for hydroxylation is 1. The quantitative estimate of drug-likeness (QED) is 0.167. The van der Waals surface area contributed by atoms with Crippen molar-refractivity contribution in [2.45, 2.75) is 116 Å². The van der Waals surface area contributed by atoms with E-state index in [0.717, 1.165) is 29.8 Å². The molecule has 5 heteroatoms. The van der Waals surface area contributed by atoms with Crippen molar-refractivity contribution in [3.05, 3.63) is 60.2 Å². The highest BCUT2D eigenvalue weighted by atomic mass is 19.1. The van der Waals surface area contributed by atoms with E-state index in [-0.39, 0.29) is 17.6 Å². The van der Waals surface area contributed by atoms with Crippen molar-refractivity contribution in [1.29, 1.82) is 0 Å². The summed E-state index contributed by atoms with van der Waals surface area (Å²) in [6.45, 7) is 3.67. The van der Waals surface area contributed by atoms with Crippen LogP contribution in [0.2, 0.25) is 0 Å². The number of unbranched alkanes of at least 4 members (excludes halogenated alkanes) is 13. The highest BCUT2D eigenvalue weighted by Crippen LogP contribution is 2.34. The van der Waals surface area contributed by atoms with Gasteiger partial charge in [0.2, 0.25) is 5.91 Å². The number of benzene rings is 2. The average Bonchev–Trinajstić information content (AvgIpc) is 3.49. The second-order valence-electron chi connectivity index (χ2n) is 11.1. The Morgan fingerprint density at radius 1 is 0.789 bits per heavy atom. The van der Waals surface area contributed by atoms with Crippen LogP contribution in [0.1, 0.15) is 115 Å². The number of hydrogen-bond acceptors (Lipinski definition) is 2. The Bertz CT molecular complexity index is 1140. The monoisotopic (exact) mass is 519 g/mol. The molecule has 4 nitrogen and oxygen atoms in total. The average molecular weight is 520 g/mol. The van der Waals surface area contributed by atoms with Crippen LogP contribution in [0, 0.1) is 5.82 Å². The maximum Gasteiger partial charge on any atom is 0.227 e. The summed E-state index contributed by atoms with van der Waals surface area (Å²) in [5.41, 5.74) is 2.48. The van der Waals surface area contributed by atoms with E-state index in [1.165, 1.54) is 89.5 Å². The topological polar surface area (TPSA) is 38.1 Å². The van der Waals surface area contributed by atoms with Crippen LogP contribution in [-0.2, 0) is 11.3 Å². The molecule has 0 radical (unpaired) electrons. The highest BCUT2D eigenvalue weighted by Gasteiger charge is 2.35. The molecule has 1 atom stereocenters. The van der Waals surface area contributed by atoms with Gasteiger partial charge in [0.15, 0.2) is 0 Å². The molecule has 2 aromatic carbocycles. The zero-order valence-electron chi connectivity index (χ0n) is 23.3. The van der Waals surface area contributed by atoms with Crippen molar-refractivity contribution in [1.82, 2.24) is 9.55 Å². The van der Waals surface area contributed by atoms with E-state index in [9.17, 15) is 9.18 Å². The van der Waals surface area contributed by atoms with Crippen molar-refractivity contribution < 1.29 is 9.18 Å². The molecule has 38 heavy (non-hydrogen) atoms. The standard InChI is InChI=1S/C33H46FN3O/c1-2-3-4-5-6-7-8-9-10-11-12-13-14-19-24-36-31-23-18-16-21-29(31)35-33(36)27-25-32(38)37(26-27)30-22-17-15-20-28(30)34/h15-18,20-23,27H,2-14,19,24-26H2,1H3. The minimum Gasteiger partial charge on any atom is -0.328 e. The van der Waals surface area contributed by atoms with Gasteiger partial charge in [-0.15, -0.1) is 0 Å². The number of anilines is 1. The summed E-state index contributed by atoms with van der Waals surface area (Å²) < 4.78 is 16.7. The Balaban J connectivity index is 1.23. The number of imidazole rings is 1. The van der Waals surface area contributed by atoms with Gasteiger partial charge in [0.1, 0.15) is 11.6 Å². The maximum absolute atomic E-state index is 14.4. The molecule has 1 amide bonds. The number of fused-ring (bicyclic) bond motifs is 1. The molecule has 206 valence electrons. The number of amides is 1. The lowest BCUT2D eigenvalue weighted by molar-refractivity contribution is -0.117. The van der Waals surface area contributed by atoms with E-state index in [4.69, 9.17) is 4.98 Å². The molecule has 0 saturated carbocycles. The molecule has 1 saturated heterocycles. The van der Waals surface area contributed by atoms with Gasteiger partial charge >= 0.3 is 0 Å². The van der Waals surface area contributed by atoms with Crippen LogP contribution in [0.5, 0.6) is 0 Å². The first-order valence-corrected chi connectivity index (χ1v) is 15.2. The van der Waals surface area contributed by atoms with E-state index in [1.54, 1.807) is 23.1 Å². The Kier molecular flexibility index (Phi) is 11.2. The van der Waals surface area contributed by atoms with Gasteiger partial charge in [-0.3, -0.25) is 4.79 Å². The van der Waals surface area contributed by atoms with E-state index in [0.29, 0.717) is 18.7 Å². The normalized spacial score (nSPS) is 15.7. The summed E-state index contributed by atoms with van der Waals surface area (Å²) in [5.74, 6) is 0.557. The van der Waals surface area contributed by atoms with Crippen LogP contribution < -0.4 is 4.90 Å². The molecule has 4 rings (SSSR count). The molecule has 1 aromatic heterocycles. The minimum atomic E-state index is -0.350. The van der Waals surface area contributed by atoms with Crippen LogP contribution in [0.15, 0.2) is 48.5 Å². The second-order valence-corrected chi connectivity index (χ2v) is 11.1. The number of aromatic nitrogens is 2. The van der Waals surface area contributed by atoms with Crippen LogP contribution in [0.4, 0.5) is 10.1 Å². The Morgan fingerprint density at radius 3 is 2.03 bits per heavy atom. The number of rotatable bonds is 17. The molecule has 0 bridgehead atoms. The van der Waals surface area contributed by atoms with E-state index < -0.39 is 0 Å².